The van der Waals surface area contributed by atoms with E-state index >= 15 is 0 Å². The second kappa shape index (κ2) is 7.60. The Morgan fingerprint density at radius 1 is 1.20 bits per heavy atom. The number of phenolic OH excluding ortho intramolecular Hbond substituents is 1. The zero-order valence-electron chi connectivity index (χ0n) is 17.6. The first-order valence-corrected chi connectivity index (χ1v) is 10.4. The first kappa shape index (κ1) is 20.7. The molecule has 2 heterocycles. The number of phenols is 1. The summed E-state index contributed by atoms with van der Waals surface area (Å²) in [6, 6.07) is 13.4. The highest BCUT2D eigenvalue weighted by Gasteiger charge is 2.65. The molecule has 6 heteroatoms. The smallest absolute Gasteiger partial charge is 0.174 e. The minimum absolute atomic E-state index is 0. The normalized spacial score (nSPS) is 30.2. The van der Waals surface area contributed by atoms with Gasteiger partial charge in [-0.3, -0.25) is 4.79 Å². The van der Waals surface area contributed by atoms with Crippen molar-refractivity contribution in [3.8, 4) is 17.2 Å². The average Bonchev–Trinajstić information content (AvgIpc) is 3.09. The third kappa shape index (κ3) is 2.81. The monoisotopic (exact) mass is 410 g/mol. The number of likely N-dealkylation sites (N-methyl/N-ethyl adjacent to an activating group) is 1. The Morgan fingerprint density at radius 3 is 2.63 bits per heavy atom. The molecule has 1 saturated carbocycles. The molecule has 6 rings (SSSR count). The SMILES string of the molecule is COc1ccc2c3c1O[C@H]1C(=O)CC[C@H]4[C@@H](C2)N(C)CC[C@]314.N.Oc1ccccc1. The number of ether oxygens (including phenoxy) is 2. The Labute approximate surface area is 177 Å². The lowest BCUT2D eigenvalue weighted by molar-refractivity contribution is -0.138. The molecule has 2 bridgehead atoms. The molecule has 4 N–H and O–H groups in total. The second-order valence-corrected chi connectivity index (χ2v) is 8.62. The number of hydrogen-bond acceptors (Lipinski definition) is 6. The van der Waals surface area contributed by atoms with Crippen LogP contribution in [0.2, 0.25) is 0 Å². The molecule has 4 atom stereocenters. The van der Waals surface area contributed by atoms with Crippen molar-refractivity contribution in [1.82, 2.24) is 11.1 Å². The summed E-state index contributed by atoms with van der Waals surface area (Å²) < 4.78 is 11.8. The average molecular weight is 411 g/mol. The molecule has 160 valence electrons. The number of likely N-dealkylation sites (tertiary alicyclic amines) is 1. The zero-order chi connectivity index (χ0) is 20.2. The largest absolute Gasteiger partial charge is 0.508 e. The third-order valence-corrected chi connectivity index (χ3v) is 7.35. The van der Waals surface area contributed by atoms with E-state index < -0.39 is 0 Å². The van der Waals surface area contributed by atoms with Crippen LogP contribution in [0.15, 0.2) is 42.5 Å². The number of nitrogens with zero attached hydrogens (tertiary/aromatic N) is 1. The molecule has 30 heavy (non-hydrogen) atoms. The van der Waals surface area contributed by atoms with Crippen molar-refractivity contribution in [2.24, 2.45) is 5.92 Å². The summed E-state index contributed by atoms with van der Waals surface area (Å²) in [6.07, 6.45) is 3.47. The highest BCUT2D eigenvalue weighted by molar-refractivity contribution is 5.89. The predicted octanol–water partition coefficient (Wildman–Crippen LogP) is 3.49. The van der Waals surface area contributed by atoms with Crippen molar-refractivity contribution in [3.05, 3.63) is 53.6 Å². The van der Waals surface area contributed by atoms with Gasteiger partial charge in [-0.2, -0.15) is 0 Å². The van der Waals surface area contributed by atoms with Crippen molar-refractivity contribution < 1.29 is 19.4 Å². The van der Waals surface area contributed by atoms with Gasteiger partial charge >= 0.3 is 0 Å². The van der Waals surface area contributed by atoms with Gasteiger partial charge in [0.1, 0.15) is 5.75 Å². The summed E-state index contributed by atoms with van der Waals surface area (Å²) in [5.74, 6) is 2.78. The zero-order valence-corrected chi connectivity index (χ0v) is 17.6. The quantitative estimate of drug-likeness (QED) is 0.747. The van der Waals surface area contributed by atoms with E-state index in [-0.39, 0.29) is 23.5 Å². The molecule has 2 aromatic rings. The van der Waals surface area contributed by atoms with Gasteiger partial charge in [0.15, 0.2) is 23.4 Å². The molecule has 0 amide bonds. The summed E-state index contributed by atoms with van der Waals surface area (Å²) in [4.78, 5) is 15.1. The number of aromatic hydroxyl groups is 1. The minimum Gasteiger partial charge on any atom is -0.508 e. The first-order valence-electron chi connectivity index (χ1n) is 10.4. The molecule has 2 aliphatic heterocycles. The number of benzene rings is 2. The number of carbonyl (C=O) groups is 1. The van der Waals surface area contributed by atoms with E-state index in [9.17, 15) is 4.79 Å². The van der Waals surface area contributed by atoms with Crippen molar-refractivity contribution >= 4 is 5.78 Å². The van der Waals surface area contributed by atoms with Crippen molar-refractivity contribution in [1.29, 1.82) is 0 Å². The Morgan fingerprint density at radius 2 is 1.97 bits per heavy atom. The van der Waals surface area contributed by atoms with Crippen LogP contribution in [-0.2, 0) is 16.6 Å². The van der Waals surface area contributed by atoms with Crippen molar-refractivity contribution in [2.45, 2.75) is 43.2 Å². The van der Waals surface area contributed by atoms with E-state index in [2.05, 4.69) is 18.0 Å². The van der Waals surface area contributed by atoms with Crippen LogP contribution in [0.5, 0.6) is 17.2 Å². The van der Waals surface area contributed by atoms with E-state index in [1.54, 1.807) is 31.4 Å². The van der Waals surface area contributed by atoms with Crippen molar-refractivity contribution in [2.75, 3.05) is 20.7 Å². The summed E-state index contributed by atoms with van der Waals surface area (Å²) in [5, 5.41) is 8.63. The number of para-hydroxylation sites is 1. The topological polar surface area (TPSA) is 94.0 Å². The van der Waals surface area contributed by atoms with Gasteiger partial charge in [0, 0.05) is 23.4 Å². The highest BCUT2D eigenvalue weighted by Crippen LogP contribution is 2.63. The number of methoxy groups -OCH3 is 1. The van der Waals surface area contributed by atoms with Crippen LogP contribution < -0.4 is 15.6 Å². The van der Waals surface area contributed by atoms with Crippen LogP contribution in [0, 0.1) is 5.92 Å². The lowest BCUT2D eigenvalue weighted by Gasteiger charge is -2.57. The summed E-state index contributed by atoms with van der Waals surface area (Å²) >= 11 is 0. The third-order valence-electron chi connectivity index (χ3n) is 7.35. The Bertz CT molecular complexity index is 948. The lowest BCUT2D eigenvalue weighted by Crippen LogP contribution is -2.65. The number of piperidine rings is 1. The van der Waals surface area contributed by atoms with Gasteiger partial charge in [-0.1, -0.05) is 24.3 Å². The Balaban J connectivity index is 0.000000235. The Kier molecular flexibility index (Phi) is 5.24. The molecule has 1 saturated heterocycles. The molecule has 2 aliphatic carbocycles. The van der Waals surface area contributed by atoms with Crippen LogP contribution in [0.1, 0.15) is 30.4 Å². The predicted molar refractivity (Wildman–Crippen MR) is 115 cm³/mol. The van der Waals surface area contributed by atoms with Gasteiger partial charge in [-0.15, -0.1) is 0 Å². The number of rotatable bonds is 1. The van der Waals surface area contributed by atoms with Gasteiger partial charge in [0.25, 0.3) is 0 Å². The molecule has 6 nitrogen and oxygen atoms in total. The van der Waals surface area contributed by atoms with Gasteiger partial charge < -0.3 is 25.6 Å². The standard InChI is InChI=1S/C18H21NO3.C6H6O.H3N/c1-19-8-7-18-11-4-5-13(20)17(18)22-16-14(21-2)6-3-10(15(16)18)9-12(11)19;7-6-4-2-1-3-5-6;/h3,6,11-12,17H,4-5,7-9H2,1-2H3;1-5,7H;1H3/t11-,12+,17-,18-;;/m0../s1. The summed E-state index contributed by atoms with van der Waals surface area (Å²) in [6.45, 7) is 1.05. The fourth-order valence-corrected chi connectivity index (χ4v) is 6.10. The summed E-state index contributed by atoms with van der Waals surface area (Å²) in [7, 11) is 3.91. The summed E-state index contributed by atoms with van der Waals surface area (Å²) in [5.41, 5.74) is 2.57. The molecule has 0 aromatic heterocycles. The van der Waals surface area contributed by atoms with E-state index in [1.165, 1.54) is 11.1 Å². The van der Waals surface area contributed by atoms with Crippen LogP contribution in [-0.4, -0.2) is 48.6 Å². The molecule has 1 spiro atoms. The maximum atomic E-state index is 12.6. The molecular weight excluding hydrogens is 380 g/mol. The minimum atomic E-state index is -0.284. The molecule has 0 radical (unpaired) electrons. The van der Waals surface area contributed by atoms with E-state index in [0.717, 1.165) is 37.3 Å². The lowest BCUT2D eigenvalue weighted by atomic mass is 9.52. The molecule has 2 fully saturated rings. The maximum absolute atomic E-state index is 12.6. The Hall–Kier alpha value is -2.57. The van der Waals surface area contributed by atoms with Gasteiger partial charge in [-0.25, -0.2) is 0 Å². The van der Waals surface area contributed by atoms with Crippen LogP contribution >= 0.6 is 0 Å². The van der Waals surface area contributed by atoms with Gasteiger partial charge in [0.2, 0.25) is 0 Å². The van der Waals surface area contributed by atoms with Crippen molar-refractivity contribution in [3.63, 3.8) is 0 Å². The van der Waals surface area contributed by atoms with Crippen LogP contribution in [0.25, 0.3) is 0 Å². The van der Waals surface area contributed by atoms with Crippen LogP contribution in [0.3, 0.4) is 0 Å². The van der Waals surface area contributed by atoms with E-state index in [4.69, 9.17) is 14.6 Å². The fraction of sp³-hybridized carbons (Fsp3) is 0.458. The second-order valence-electron chi connectivity index (χ2n) is 8.62. The number of carbonyl (C=O) groups excluding carboxylic acids is 1. The van der Waals surface area contributed by atoms with Crippen LogP contribution in [0.4, 0.5) is 0 Å². The maximum Gasteiger partial charge on any atom is 0.174 e. The molecule has 0 unspecified atom stereocenters. The van der Waals surface area contributed by atoms with E-state index in [1.807, 2.05) is 12.1 Å². The van der Waals surface area contributed by atoms with Gasteiger partial charge in [-0.05, 0) is 62.5 Å². The first-order chi connectivity index (χ1) is 14.1. The number of Topliss-reactive ketones (excluding diaryl/α,β-unsaturated/α-hetero) is 1. The van der Waals surface area contributed by atoms with E-state index in [0.29, 0.717) is 24.1 Å². The number of ketones is 1. The fourth-order valence-electron chi connectivity index (χ4n) is 6.10. The molecule has 4 aliphatic rings. The number of hydrogen-bond donors (Lipinski definition) is 2. The molecule has 2 aromatic carbocycles. The highest BCUT2D eigenvalue weighted by atomic mass is 16.5. The van der Waals surface area contributed by atoms with Gasteiger partial charge in [0.05, 0.1) is 7.11 Å². The molecular formula is C24H30N2O4.